The van der Waals surface area contributed by atoms with Crippen molar-refractivity contribution in [3.8, 4) is 0 Å². The molecule has 1 N–H and O–H groups in total. The molecular formula is C18H32N2. The van der Waals surface area contributed by atoms with Crippen molar-refractivity contribution in [1.82, 2.24) is 10.2 Å². The lowest BCUT2D eigenvalue weighted by Crippen LogP contribution is -2.40. The Kier molecular flexibility index (Phi) is 7.25. The Morgan fingerprint density at radius 2 is 1.70 bits per heavy atom. The monoisotopic (exact) mass is 276 g/mol. The molecule has 1 aromatic rings. The molecule has 0 aromatic heterocycles. The molecule has 1 aromatic carbocycles. The van der Waals surface area contributed by atoms with Crippen LogP contribution in [0.1, 0.15) is 51.7 Å². The van der Waals surface area contributed by atoms with Gasteiger partial charge < -0.3 is 5.32 Å². The third-order valence-corrected chi connectivity index (χ3v) is 4.42. The summed E-state index contributed by atoms with van der Waals surface area (Å²) in [5, 5.41) is 3.49. The highest BCUT2D eigenvalue weighted by molar-refractivity contribution is 5.27. The van der Waals surface area contributed by atoms with Gasteiger partial charge in [-0.3, -0.25) is 4.90 Å². The molecule has 0 aliphatic rings. The van der Waals surface area contributed by atoms with Gasteiger partial charge >= 0.3 is 0 Å². The molecule has 20 heavy (non-hydrogen) atoms. The average Bonchev–Trinajstić information content (AvgIpc) is 2.45. The van der Waals surface area contributed by atoms with Crippen LogP contribution in [0.5, 0.6) is 0 Å². The standard InChI is InChI=1S/C18H32N2/c1-6-13-19-14-12-16-10-8-9-11-17(16)15-20(5)18(3,4)7-2/h8-11,19H,6-7,12-15H2,1-5H3. The number of nitrogens with one attached hydrogen (secondary N) is 1. The molecule has 0 heterocycles. The fourth-order valence-corrected chi connectivity index (χ4v) is 2.22. The van der Waals surface area contributed by atoms with E-state index < -0.39 is 0 Å². The maximum Gasteiger partial charge on any atom is 0.0238 e. The van der Waals surface area contributed by atoms with Crippen molar-refractivity contribution in [2.45, 2.75) is 59.0 Å². The molecule has 0 aliphatic heterocycles. The first kappa shape index (κ1) is 17.2. The first-order valence-corrected chi connectivity index (χ1v) is 8.00. The molecule has 0 saturated carbocycles. The second kappa shape index (κ2) is 8.43. The second-order valence-electron chi connectivity index (χ2n) is 6.29. The van der Waals surface area contributed by atoms with Crippen LogP contribution >= 0.6 is 0 Å². The number of rotatable bonds is 9. The minimum atomic E-state index is 0.258. The van der Waals surface area contributed by atoms with Crippen LogP contribution < -0.4 is 5.32 Å². The summed E-state index contributed by atoms with van der Waals surface area (Å²) in [5.74, 6) is 0. The molecule has 0 amide bonds. The summed E-state index contributed by atoms with van der Waals surface area (Å²) in [5.41, 5.74) is 3.21. The largest absolute Gasteiger partial charge is 0.316 e. The molecule has 0 saturated heterocycles. The minimum Gasteiger partial charge on any atom is -0.316 e. The summed E-state index contributed by atoms with van der Waals surface area (Å²) in [4.78, 5) is 2.46. The van der Waals surface area contributed by atoms with E-state index in [2.05, 4.69) is 69.2 Å². The first-order valence-electron chi connectivity index (χ1n) is 8.00. The minimum absolute atomic E-state index is 0.258. The van der Waals surface area contributed by atoms with Gasteiger partial charge in [-0.25, -0.2) is 0 Å². The second-order valence-corrected chi connectivity index (χ2v) is 6.29. The van der Waals surface area contributed by atoms with Gasteiger partial charge in [-0.05, 0) is 64.4 Å². The number of hydrogen-bond donors (Lipinski definition) is 1. The van der Waals surface area contributed by atoms with E-state index in [-0.39, 0.29) is 5.54 Å². The van der Waals surface area contributed by atoms with Crippen molar-refractivity contribution < 1.29 is 0 Å². The maximum absolute atomic E-state index is 3.49. The van der Waals surface area contributed by atoms with Crippen molar-refractivity contribution in [2.75, 3.05) is 20.1 Å². The zero-order valence-corrected chi connectivity index (χ0v) is 14.0. The SMILES string of the molecule is CCCNCCc1ccccc1CN(C)C(C)(C)CC. The Morgan fingerprint density at radius 3 is 2.30 bits per heavy atom. The Labute approximate surface area is 125 Å². The van der Waals surface area contributed by atoms with E-state index in [0.717, 1.165) is 26.1 Å². The molecule has 0 radical (unpaired) electrons. The predicted octanol–water partition coefficient (Wildman–Crippen LogP) is 3.85. The smallest absolute Gasteiger partial charge is 0.0238 e. The van der Waals surface area contributed by atoms with E-state index in [4.69, 9.17) is 0 Å². The fourth-order valence-electron chi connectivity index (χ4n) is 2.22. The molecule has 0 aliphatic carbocycles. The molecular weight excluding hydrogens is 244 g/mol. The van der Waals surface area contributed by atoms with Crippen molar-refractivity contribution in [3.63, 3.8) is 0 Å². The molecule has 0 unspecified atom stereocenters. The van der Waals surface area contributed by atoms with Crippen molar-refractivity contribution in [3.05, 3.63) is 35.4 Å². The van der Waals surface area contributed by atoms with Crippen molar-refractivity contribution in [1.29, 1.82) is 0 Å². The lowest BCUT2D eigenvalue weighted by atomic mass is 9.97. The van der Waals surface area contributed by atoms with Gasteiger partial charge in [-0.2, -0.15) is 0 Å². The number of benzene rings is 1. The zero-order chi connectivity index (χ0) is 15.0. The predicted molar refractivity (Wildman–Crippen MR) is 89.1 cm³/mol. The Hall–Kier alpha value is -0.860. The van der Waals surface area contributed by atoms with Gasteiger partial charge in [0.05, 0.1) is 0 Å². The van der Waals surface area contributed by atoms with Gasteiger partial charge in [0, 0.05) is 12.1 Å². The summed E-state index contributed by atoms with van der Waals surface area (Å²) in [6.07, 6.45) is 3.50. The highest BCUT2D eigenvalue weighted by Gasteiger charge is 2.21. The molecule has 2 nitrogen and oxygen atoms in total. The van der Waals surface area contributed by atoms with E-state index >= 15 is 0 Å². The number of hydrogen-bond acceptors (Lipinski definition) is 2. The third-order valence-electron chi connectivity index (χ3n) is 4.42. The van der Waals surface area contributed by atoms with E-state index in [1.807, 2.05) is 0 Å². The quantitative estimate of drug-likeness (QED) is 0.689. The highest BCUT2D eigenvalue weighted by atomic mass is 15.2. The Bertz CT molecular complexity index is 385. The molecule has 114 valence electrons. The third kappa shape index (κ3) is 5.26. The molecule has 0 fully saturated rings. The van der Waals surface area contributed by atoms with E-state index in [1.54, 1.807) is 0 Å². The van der Waals surface area contributed by atoms with Gasteiger partial charge in [0.2, 0.25) is 0 Å². The summed E-state index contributed by atoms with van der Waals surface area (Å²) in [6, 6.07) is 8.86. The Balaban J connectivity index is 2.65. The summed E-state index contributed by atoms with van der Waals surface area (Å²) >= 11 is 0. The topological polar surface area (TPSA) is 15.3 Å². The Morgan fingerprint density at radius 1 is 1.05 bits per heavy atom. The molecule has 0 bridgehead atoms. The van der Waals surface area contributed by atoms with E-state index in [1.165, 1.54) is 24.0 Å². The highest BCUT2D eigenvalue weighted by Crippen LogP contribution is 2.21. The summed E-state index contributed by atoms with van der Waals surface area (Å²) in [7, 11) is 2.23. The summed E-state index contributed by atoms with van der Waals surface area (Å²) in [6.45, 7) is 12.3. The first-order chi connectivity index (χ1) is 9.51. The van der Waals surface area contributed by atoms with Crippen LogP contribution in [0.2, 0.25) is 0 Å². The van der Waals surface area contributed by atoms with Gasteiger partial charge in [0.1, 0.15) is 0 Å². The van der Waals surface area contributed by atoms with Crippen LogP contribution in [-0.4, -0.2) is 30.6 Å². The summed E-state index contributed by atoms with van der Waals surface area (Å²) < 4.78 is 0. The van der Waals surface area contributed by atoms with E-state index in [0.29, 0.717) is 0 Å². The molecule has 2 heteroatoms. The average molecular weight is 276 g/mol. The van der Waals surface area contributed by atoms with Crippen LogP contribution in [-0.2, 0) is 13.0 Å². The lowest BCUT2D eigenvalue weighted by molar-refractivity contribution is 0.142. The fraction of sp³-hybridized carbons (Fsp3) is 0.667. The van der Waals surface area contributed by atoms with Gasteiger partial charge in [0.25, 0.3) is 0 Å². The van der Waals surface area contributed by atoms with Crippen molar-refractivity contribution >= 4 is 0 Å². The van der Waals surface area contributed by atoms with Gasteiger partial charge in [-0.1, -0.05) is 38.1 Å². The van der Waals surface area contributed by atoms with Crippen LogP contribution in [0.15, 0.2) is 24.3 Å². The molecule has 0 spiro atoms. The van der Waals surface area contributed by atoms with Crippen LogP contribution in [0.25, 0.3) is 0 Å². The van der Waals surface area contributed by atoms with Gasteiger partial charge in [-0.15, -0.1) is 0 Å². The molecule has 0 atom stereocenters. The lowest BCUT2D eigenvalue weighted by Gasteiger charge is -2.35. The number of nitrogens with zero attached hydrogens (tertiary/aromatic N) is 1. The van der Waals surface area contributed by atoms with Crippen LogP contribution in [0.4, 0.5) is 0 Å². The van der Waals surface area contributed by atoms with E-state index in [9.17, 15) is 0 Å². The van der Waals surface area contributed by atoms with Crippen molar-refractivity contribution in [2.24, 2.45) is 0 Å². The normalized spacial score (nSPS) is 12.1. The molecule has 1 rings (SSSR count). The van der Waals surface area contributed by atoms with Gasteiger partial charge in [0.15, 0.2) is 0 Å². The maximum atomic E-state index is 3.49. The van der Waals surface area contributed by atoms with Crippen LogP contribution in [0, 0.1) is 0 Å². The van der Waals surface area contributed by atoms with Crippen LogP contribution in [0.3, 0.4) is 0 Å². The zero-order valence-electron chi connectivity index (χ0n) is 14.0.